The maximum Gasteiger partial charge on any atom is 0.341 e. The SMILES string of the molecule is CC(C)(C)C1OC(=O)C=C(O)O1. The van der Waals surface area contributed by atoms with E-state index in [9.17, 15) is 4.79 Å². The Hall–Kier alpha value is -1.19. The molecule has 0 aliphatic carbocycles. The van der Waals surface area contributed by atoms with Crippen LogP contribution in [0.5, 0.6) is 0 Å². The van der Waals surface area contributed by atoms with Crippen LogP contribution in [0.1, 0.15) is 20.8 Å². The van der Waals surface area contributed by atoms with Crippen molar-refractivity contribution in [3.05, 3.63) is 12.0 Å². The minimum absolute atomic E-state index is 0.335. The van der Waals surface area contributed by atoms with Crippen molar-refractivity contribution in [3.63, 3.8) is 0 Å². The number of cyclic esters (lactones) is 1. The van der Waals surface area contributed by atoms with E-state index in [0.29, 0.717) is 0 Å². The molecule has 0 saturated heterocycles. The van der Waals surface area contributed by atoms with Crippen LogP contribution < -0.4 is 0 Å². The van der Waals surface area contributed by atoms with Gasteiger partial charge in [-0.3, -0.25) is 0 Å². The highest BCUT2D eigenvalue weighted by Crippen LogP contribution is 2.27. The minimum Gasteiger partial charge on any atom is -0.481 e. The predicted molar refractivity (Wildman–Crippen MR) is 41.1 cm³/mol. The molecule has 1 atom stereocenters. The van der Waals surface area contributed by atoms with Gasteiger partial charge in [0.05, 0.1) is 0 Å². The molecule has 0 amide bonds. The van der Waals surface area contributed by atoms with Crippen molar-refractivity contribution in [2.45, 2.75) is 27.1 Å². The zero-order chi connectivity index (χ0) is 9.35. The molecule has 0 fully saturated rings. The lowest BCUT2D eigenvalue weighted by Crippen LogP contribution is -2.36. The van der Waals surface area contributed by atoms with Crippen LogP contribution in [0, 0.1) is 5.41 Å². The van der Waals surface area contributed by atoms with Gasteiger partial charge in [-0.1, -0.05) is 20.8 Å². The molecule has 1 aliphatic heterocycles. The van der Waals surface area contributed by atoms with Crippen molar-refractivity contribution < 1.29 is 19.4 Å². The summed E-state index contributed by atoms with van der Waals surface area (Å²) in [6.07, 6.45) is 0.192. The molecule has 1 N–H and O–H groups in total. The van der Waals surface area contributed by atoms with E-state index in [1.54, 1.807) is 0 Å². The molecule has 0 bridgehead atoms. The summed E-state index contributed by atoms with van der Waals surface area (Å²) in [6.45, 7) is 5.55. The van der Waals surface area contributed by atoms with E-state index >= 15 is 0 Å². The molecule has 12 heavy (non-hydrogen) atoms. The molecule has 0 aromatic carbocycles. The molecule has 0 saturated carbocycles. The number of aliphatic hydroxyl groups is 1. The summed E-state index contributed by atoms with van der Waals surface area (Å²) < 4.78 is 9.72. The first kappa shape index (κ1) is 8.90. The Morgan fingerprint density at radius 3 is 2.42 bits per heavy atom. The van der Waals surface area contributed by atoms with Crippen molar-refractivity contribution in [3.8, 4) is 0 Å². The molecule has 68 valence electrons. The largest absolute Gasteiger partial charge is 0.481 e. The quantitative estimate of drug-likeness (QED) is 0.560. The van der Waals surface area contributed by atoms with Crippen LogP contribution in [0.4, 0.5) is 0 Å². The van der Waals surface area contributed by atoms with Gasteiger partial charge in [-0.2, -0.15) is 0 Å². The van der Waals surface area contributed by atoms with Gasteiger partial charge in [0.1, 0.15) is 6.08 Å². The highest BCUT2D eigenvalue weighted by atomic mass is 16.7. The first-order chi connectivity index (χ1) is 5.39. The van der Waals surface area contributed by atoms with E-state index < -0.39 is 12.3 Å². The third-order valence-electron chi connectivity index (χ3n) is 1.40. The second-order valence-electron chi connectivity index (χ2n) is 3.74. The summed E-state index contributed by atoms with van der Waals surface area (Å²) in [6, 6.07) is 0. The van der Waals surface area contributed by atoms with Crippen LogP contribution in [0.15, 0.2) is 12.0 Å². The number of rotatable bonds is 0. The average molecular weight is 172 g/mol. The standard InChI is InChI=1S/C8H12O4/c1-8(2,3)7-11-5(9)4-6(10)12-7/h4,7,9H,1-3H3. The lowest BCUT2D eigenvalue weighted by molar-refractivity contribution is -0.207. The van der Waals surface area contributed by atoms with Crippen molar-refractivity contribution in [2.24, 2.45) is 5.41 Å². The number of hydrogen-bond acceptors (Lipinski definition) is 4. The third-order valence-corrected chi connectivity index (χ3v) is 1.40. The van der Waals surface area contributed by atoms with E-state index in [1.165, 1.54) is 0 Å². The molecule has 1 unspecified atom stereocenters. The molecule has 0 aromatic heterocycles. The number of esters is 1. The summed E-state index contributed by atoms with van der Waals surface area (Å²) >= 11 is 0. The Bertz CT molecular complexity index is 224. The molecular formula is C8H12O4. The van der Waals surface area contributed by atoms with Crippen LogP contribution >= 0.6 is 0 Å². The maximum absolute atomic E-state index is 10.8. The van der Waals surface area contributed by atoms with Crippen LogP contribution in [0.2, 0.25) is 0 Å². The van der Waals surface area contributed by atoms with Gasteiger partial charge >= 0.3 is 5.97 Å². The Balaban J connectivity index is 2.74. The van der Waals surface area contributed by atoms with Gasteiger partial charge in [0.15, 0.2) is 0 Å². The van der Waals surface area contributed by atoms with Crippen molar-refractivity contribution in [1.29, 1.82) is 0 Å². The topological polar surface area (TPSA) is 55.8 Å². The maximum atomic E-state index is 10.8. The number of aliphatic hydroxyl groups excluding tert-OH is 1. The molecule has 1 rings (SSSR count). The van der Waals surface area contributed by atoms with Gasteiger partial charge in [0.25, 0.3) is 12.2 Å². The first-order valence-electron chi connectivity index (χ1n) is 3.67. The zero-order valence-electron chi connectivity index (χ0n) is 7.33. The second kappa shape index (κ2) is 2.69. The summed E-state index contributed by atoms with van der Waals surface area (Å²) in [5, 5.41) is 8.95. The number of carbonyl (C=O) groups excluding carboxylic acids is 1. The van der Waals surface area contributed by atoms with Crippen LogP contribution in [0.25, 0.3) is 0 Å². The Kier molecular flexibility index (Phi) is 2.00. The summed E-state index contributed by atoms with van der Waals surface area (Å²) in [5.74, 6) is -0.954. The van der Waals surface area contributed by atoms with E-state index in [4.69, 9.17) is 14.6 Å². The molecule has 4 nitrogen and oxygen atoms in total. The molecular weight excluding hydrogens is 160 g/mol. The number of ether oxygens (including phenoxy) is 2. The second-order valence-corrected chi connectivity index (χ2v) is 3.74. The number of hydrogen-bond donors (Lipinski definition) is 1. The van der Waals surface area contributed by atoms with E-state index in [2.05, 4.69) is 0 Å². The molecule has 0 spiro atoms. The first-order valence-corrected chi connectivity index (χ1v) is 3.67. The Morgan fingerprint density at radius 2 is 2.00 bits per heavy atom. The summed E-state index contributed by atoms with van der Waals surface area (Å²) in [4.78, 5) is 10.8. The highest BCUT2D eigenvalue weighted by Gasteiger charge is 2.33. The van der Waals surface area contributed by atoms with Gasteiger partial charge in [-0.05, 0) is 0 Å². The predicted octanol–water partition coefficient (Wildman–Crippen LogP) is 1.33. The third kappa shape index (κ3) is 1.90. The van der Waals surface area contributed by atoms with E-state index in [1.807, 2.05) is 20.8 Å². The van der Waals surface area contributed by atoms with Gasteiger partial charge in [-0.25, -0.2) is 4.79 Å². The van der Waals surface area contributed by atoms with Crippen molar-refractivity contribution in [1.82, 2.24) is 0 Å². The molecule has 1 aliphatic rings. The number of carbonyl (C=O) groups is 1. The fourth-order valence-corrected chi connectivity index (χ4v) is 0.762. The van der Waals surface area contributed by atoms with Gasteiger partial charge in [-0.15, -0.1) is 0 Å². The van der Waals surface area contributed by atoms with Crippen LogP contribution in [-0.2, 0) is 14.3 Å². The fourth-order valence-electron chi connectivity index (χ4n) is 0.762. The lowest BCUT2D eigenvalue weighted by atomic mass is 9.96. The fraction of sp³-hybridized carbons (Fsp3) is 0.625. The van der Waals surface area contributed by atoms with Crippen LogP contribution in [0.3, 0.4) is 0 Å². The van der Waals surface area contributed by atoms with Gasteiger partial charge < -0.3 is 14.6 Å². The van der Waals surface area contributed by atoms with E-state index in [-0.39, 0.29) is 11.4 Å². The molecule has 0 aromatic rings. The zero-order valence-corrected chi connectivity index (χ0v) is 7.33. The van der Waals surface area contributed by atoms with Gasteiger partial charge in [0.2, 0.25) is 0 Å². The Labute approximate surface area is 70.8 Å². The minimum atomic E-state index is -0.713. The van der Waals surface area contributed by atoms with Gasteiger partial charge in [0, 0.05) is 5.41 Å². The smallest absolute Gasteiger partial charge is 0.341 e. The van der Waals surface area contributed by atoms with Crippen LogP contribution in [-0.4, -0.2) is 17.4 Å². The van der Waals surface area contributed by atoms with Crippen molar-refractivity contribution in [2.75, 3.05) is 0 Å². The average Bonchev–Trinajstić information content (AvgIpc) is 1.82. The lowest BCUT2D eigenvalue weighted by Gasteiger charge is -2.31. The summed E-state index contributed by atoms with van der Waals surface area (Å²) in [7, 11) is 0. The molecule has 1 heterocycles. The summed E-state index contributed by atoms with van der Waals surface area (Å²) in [5.41, 5.74) is -0.335. The molecule has 4 heteroatoms. The highest BCUT2D eigenvalue weighted by molar-refractivity contribution is 5.82. The van der Waals surface area contributed by atoms with Crippen molar-refractivity contribution >= 4 is 5.97 Å². The monoisotopic (exact) mass is 172 g/mol. The van der Waals surface area contributed by atoms with E-state index in [0.717, 1.165) is 6.08 Å². The Morgan fingerprint density at radius 1 is 1.42 bits per heavy atom. The molecule has 0 radical (unpaired) electrons. The normalized spacial score (nSPS) is 24.1.